The first kappa shape index (κ1) is 31.8. The zero-order valence-electron chi connectivity index (χ0n) is 26.2. The molecule has 0 bridgehead atoms. The molecule has 2 aromatic carbocycles. The number of hydrogen-bond acceptors (Lipinski definition) is 5. The topological polar surface area (TPSA) is 79.3 Å². The maximum absolute atomic E-state index is 13.9. The number of benzene rings is 2. The first-order valence-corrected chi connectivity index (χ1v) is 15.5. The monoisotopic (exact) mass is 580 g/mol. The molecule has 3 unspecified atom stereocenters. The lowest BCUT2D eigenvalue weighted by molar-refractivity contribution is -0.870. The Hall–Kier alpha value is -3.10. The second-order valence-electron chi connectivity index (χ2n) is 12.9. The largest absolute Gasteiger partial charge is 0.496 e. The van der Waals surface area contributed by atoms with Gasteiger partial charge in [-0.25, -0.2) is 0 Å². The van der Waals surface area contributed by atoms with Gasteiger partial charge in [-0.3, -0.25) is 14.5 Å². The molecule has 8 heteroatoms. The smallest absolute Gasteiger partial charge is 0.308 e. The number of carboxylic acids is 1. The summed E-state index contributed by atoms with van der Waals surface area (Å²) in [5.74, 6) is 0.0119. The lowest BCUT2D eigenvalue weighted by Crippen LogP contribution is -2.45. The zero-order chi connectivity index (χ0) is 30.3. The number of carboxylic acid groups (broad SMARTS) is 1. The van der Waals surface area contributed by atoms with E-state index in [0.29, 0.717) is 19.6 Å². The SMILES string of the molecule is CCCCN(CCCC[N+](C)(C)C)C(=O)CN1CC(c2ccc3c(c2)CCO3)C(C(=O)O)C1Cc1ccccc1OC. The minimum absolute atomic E-state index is 0.0888. The van der Waals surface area contributed by atoms with Crippen LogP contribution in [0.3, 0.4) is 0 Å². The second kappa shape index (κ2) is 14.4. The lowest BCUT2D eigenvalue weighted by atomic mass is 9.82. The highest BCUT2D eigenvalue weighted by Gasteiger charge is 2.47. The number of methoxy groups -OCH3 is 1. The van der Waals surface area contributed by atoms with Crippen LogP contribution in [0.15, 0.2) is 42.5 Å². The van der Waals surface area contributed by atoms with Crippen molar-refractivity contribution in [1.29, 1.82) is 0 Å². The Balaban J connectivity index is 1.60. The molecule has 2 heterocycles. The van der Waals surface area contributed by atoms with Crippen molar-refractivity contribution in [3.63, 3.8) is 0 Å². The molecule has 42 heavy (non-hydrogen) atoms. The number of ether oxygens (including phenoxy) is 2. The van der Waals surface area contributed by atoms with Gasteiger partial charge in [0.15, 0.2) is 0 Å². The number of fused-ring (bicyclic) bond motifs is 1. The second-order valence-corrected chi connectivity index (χ2v) is 12.9. The maximum atomic E-state index is 13.9. The molecule has 0 aliphatic carbocycles. The van der Waals surface area contributed by atoms with E-state index in [0.717, 1.165) is 84.4 Å². The summed E-state index contributed by atoms with van der Waals surface area (Å²) in [6.45, 7) is 6.08. The number of quaternary nitrogens is 1. The molecule has 0 saturated carbocycles. The van der Waals surface area contributed by atoms with Crippen LogP contribution in [0.4, 0.5) is 0 Å². The normalized spacial score (nSPS) is 20.3. The molecule has 2 aliphatic heterocycles. The van der Waals surface area contributed by atoms with Crippen LogP contribution in [0.2, 0.25) is 0 Å². The van der Waals surface area contributed by atoms with Crippen LogP contribution in [-0.4, -0.2) is 105 Å². The van der Waals surface area contributed by atoms with Crippen LogP contribution >= 0.6 is 0 Å². The van der Waals surface area contributed by atoms with Crippen molar-refractivity contribution in [2.45, 2.75) is 57.4 Å². The van der Waals surface area contributed by atoms with Crippen molar-refractivity contribution in [1.82, 2.24) is 9.80 Å². The molecular formula is C34H50N3O5+. The molecule has 8 nitrogen and oxygen atoms in total. The van der Waals surface area contributed by atoms with E-state index in [1.54, 1.807) is 7.11 Å². The minimum Gasteiger partial charge on any atom is -0.496 e. The van der Waals surface area contributed by atoms with Crippen LogP contribution in [0.25, 0.3) is 0 Å². The lowest BCUT2D eigenvalue weighted by Gasteiger charge is -2.30. The Bertz CT molecular complexity index is 1210. The van der Waals surface area contributed by atoms with E-state index in [9.17, 15) is 14.7 Å². The fourth-order valence-electron chi connectivity index (χ4n) is 6.49. The Morgan fingerprint density at radius 2 is 1.86 bits per heavy atom. The third kappa shape index (κ3) is 8.04. The molecular weight excluding hydrogens is 530 g/mol. The summed E-state index contributed by atoms with van der Waals surface area (Å²) in [5, 5.41) is 10.6. The first-order chi connectivity index (χ1) is 20.1. The number of para-hydroxylation sites is 1. The van der Waals surface area contributed by atoms with E-state index in [4.69, 9.17) is 9.47 Å². The van der Waals surface area contributed by atoms with Crippen molar-refractivity contribution >= 4 is 11.9 Å². The number of carbonyl (C=O) groups is 2. The highest BCUT2D eigenvalue weighted by Crippen LogP contribution is 2.41. The van der Waals surface area contributed by atoms with Crippen LogP contribution < -0.4 is 9.47 Å². The van der Waals surface area contributed by atoms with E-state index in [1.807, 2.05) is 41.3 Å². The molecule has 2 aliphatic rings. The highest BCUT2D eigenvalue weighted by atomic mass is 16.5. The van der Waals surface area contributed by atoms with E-state index in [1.165, 1.54) is 0 Å². The summed E-state index contributed by atoms with van der Waals surface area (Å²) in [5.41, 5.74) is 3.10. The fraction of sp³-hybridized carbons (Fsp3) is 0.588. The Morgan fingerprint density at radius 3 is 2.57 bits per heavy atom. The minimum atomic E-state index is -0.824. The van der Waals surface area contributed by atoms with Gasteiger partial charge in [0.2, 0.25) is 5.91 Å². The van der Waals surface area contributed by atoms with Crippen molar-refractivity contribution < 1.29 is 28.7 Å². The van der Waals surface area contributed by atoms with Crippen molar-refractivity contribution in [3.05, 3.63) is 59.2 Å². The summed E-state index contributed by atoms with van der Waals surface area (Å²) in [6.07, 6.45) is 5.34. The number of carbonyl (C=O) groups excluding carboxylic acids is 1. The quantitative estimate of drug-likeness (QED) is 0.248. The number of hydrogen-bond donors (Lipinski definition) is 1. The molecule has 2 aromatic rings. The average Bonchev–Trinajstić information content (AvgIpc) is 3.56. The van der Waals surface area contributed by atoms with Gasteiger partial charge in [-0.2, -0.15) is 0 Å². The van der Waals surface area contributed by atoms with Crippen molar-refractivity contribution in [2.24, 2.45) is 5.92 Å². The molecule has 0 radical (unpaired) electrons. The van der Waals surface area contributed by atoms with E-state index < -0.39 is 11.9 Å². The Morgan fingerprint density at radius 1 is 1.10 bits per heavy atom. The van der Waals surface area contributed by atoms with Gasteiger partial charge in [-0.05, 0) is 54.5 Å². The fourth-order valence-corrected chi connectivity index (χ4v) is 6.49. The molecule has 1 amide bonds. The summed E-state index contributed by atoms with van der Waals surface area (Å²) in [4.78, 5) is 31.0. The predicted octanol–water partition coefficient (Wildman–Crippen LogP) is 4.46. The molecule has 4 rings (SSSR count). The van der Waals surface area contributed by atoms with Gasteiger partial charge < -0.3 is 24.0 Å². The van der Waals surface area contributed by atoms with Crippen molar-refractivity contribution in [2.75, 3.05) is 67.6 Å². The summed E-state index contributed by atoms with van der Waals surface area (Å²) in [6, 6.07) is 13.6. The zero-order valence-corrected chi connectivity index (χ0v) is 26.2. The van der Waals surface area contributed by atoms with Crippen LogP contribution in [-0.2, 0) is 22.4 Å². The Labute approximate surface area is 251 Å². The molecule has 0 aromatic heterocycles. The van der Waals surface area contributed by atoms with Gasteiger partial charge >= 0.3 is 5.97 Å². The number of aliphatic carboxylic acids is 1. The molecule has 230 valence electrons. The summed E-state index contributed by atoms with van der Waals surface area (Å²) >= 11 is 0. The van der Waals surface area contributed by atoms with Crippen LogP contribution in [0.1, 0.15) is 55.2 Å². The number of rotatable bonds is 15. The third-order valence-corrected chi connectivity index (χ3v) is 8.78. The van der Waals surface area contributed by atoms with Gasteiger partial charge in [-0.15, -0.1) is 0 Å². The summed E-state index contributed by atoms with van der Waals surface area (Å²) in [7, 11) is 8.22. The number of likely N-dealkylation sites (tertiary alicyclic amines) is 1. The van der Waals surface area contributed by atoms with Gasteiger partial charge in [0.1, 0.15) is 11.5 Å². The predicted molar refractivity (Wildman–Crippen MR) is 165 cm³/mol. The molecule has 0 spiro atoms. The van der Waals surface area contributed by atoms with Crippen LogP contribution in [0, 0.1) is 5.92 Å². The highest BCUT2D eigenvalue weighted by molar-refractivity contribution is 5.79. The number of amides is 1. The van der Waals surface area contributed by atoms with Gasteiger partial charge in [0.05, 0.1) is 53.9 Å². The standard InChI is InChI=1S/C34H49N3O5/c1-6-7-17-35(18-10-11-19-37(2,3)4)32(38)24-36-23-28(25-14-15-31-27(21-25)16-20-42-31)33(34(39)40)29(36)22-26-12-8-9-13-30(26)41-5/h8-9,12-15,21,28-29,33H,6-7,10-11,16-20,22-24H2,1-5H3/p+1. The summed E-state index contributed by atoms with van der Waals surface area (Å²) < 4.78 is 12.3. The molecule has 1 fully saturated rings. The molecule has 1 N–H and O–H groups in total. The maximum Gasteiger partial charge on any atom is 0.308 e. The van der Waals surface area contributed by atoms with Gasteiger partial charge in [0, 0.05) is 38.0 Å². The molecule has 1 saturated heterocycles. The van der Waals surface area contributed by atoms with Gasteiger partial charge in [-0.1, -0.05) is 43.7 Å². The van der Waals surface area contributed by atoms with E-state index in [2.05, 4.69) is 39.0 Å². The van der Waals surface area contributed by atoms with Crippen LogP contribution in [0.5, 0.6) is 11.5 Å². The van der Waals surface area contributed by atoms with Gasteiger partial charge in [0.25, 0.3) is 0 Å². The number of nitrogens with zero attached hydrogens (tertiary/aromatic N) is 3. The first-order valence-electron chi connectivity index (χ1n) is 15.5. The average molecular weight is 581 g/mol. The van der Waals surface area contributed by atoms with E-state index >= 15 is 0 Å². The van der Waals surface area contributed by atoms with Crippen molar-refractivity contribution in [3.8, 4) is 11.5 Å². The molecule has 3 atom stereocenters. The third-order valence-electron chi connectivity index (χ3n) is 8.78. The van der Waals surface area contributed by atoms with E-state index in [-0.39, 0.29) is 24.4 Å². The number of unbranched alkanes of at least 4 members (excludes halogenated alkanes) is 2. The Kier molecular flexibility index (Phi) is 10.9.